The van der Waals surface area contributed by atoms with E-state index in [1.54, 1.807) is 0 Å². The molecule has 0 radical (unpaired) electrons. The van der Waals surface area contributed by atoms with Gasteiger partial charge < -0.3 is 0 Å². The fraction of sp³-hybridized carbons (Fsp3) is 0.125. The SMILES string of the molecule is O=[N+]([O-])c1ccc(C#CCCl)nc1. The molecule has 1 heterocycles. The summed E-state index contributed by atoms with van der Waals surface area (Å²) >= 11 is 5.32. The first kappa shape index (κ1) is 9.49. The molecule has 66 valence electrons. The van der Waals surface area contributed by atoms with E-state index in [4.69, 9.17) is 11.6 Å². The van der Waals surface area contributed by atoms with Crippen LogP contribution in [0.3, 0.4) is 0 Å². The molecule has 5 heteroatoms. The molecule has 0 aliphatic carbocycles. The number of nitro groups is 1. The molecule has 1 rings (SSSR count). The van der Waals surface area contributed by atoms with Crippen LogP contribution < -0.4 is 0 Å². The Labute approximate surface area is 79.7 Å². The summed E-state index contributed by atoms with van der Waals surface area (Å²) < 4.78 is 0. The van der Waals surface area contributed by atoms with Crippen LogP contribution in [0.5, 0.6) is 0 Å². The van der Waals surface area contributed by atoms with Crippen molar-refractivity contribution in [3.8, 4) is 11.8 Å². The maximum atomic E-state index is 10.2. The van der Waals surface area contributed by atoms with E-state index in [1.807, 2.05) is 0 Å². The molecule has 13 heavy (non-hydrogen) atoms. The zero-order chi connectivity index (χ0) is 9.68. The standard InChI is InChI=1S/C8H5ClN2O2/c9-5-1-2-7-3-4-8(6-10-7)11(12)13/h3-4,6H,5H2. The fourth-order valence-corrected chi connectivity index (χ4v) is 0.759. The van der Waals surface area contributed by atoms with Crippen molar-refractivity contribution < 1.29 is 4.92 Å². The highest BCUT2D eigenvalue weighted by molar-refractivity contribution is 6.19. The molecule has 0 aromatic carbocycles. The molecular formula is C8H5ClN2O2. The normalized spacial score (nSPS) is 8.69. The number of halogens is 1. The van der Waals surface area contributed by atoms with Gasteiger partial charge in [-0.1, -0.05) is 5.92 Å². The second-order valence-corrected chi connectivity index (χ2v) is 2.36. The molecule has 0 N–H and O–H groups in total. The lowest BCUT2D eigenvalue weighted by molar-refractivity contribution is -0.385. The van der Waals surface area contributed by atoms with Crippen molar-refractivity contribution in [1.82, 2.24) is 4.98 Å². The van der Waals surface area contributed by atoms with Gasteiger partial charge >= 0.3 is 0 Å². The number of nitrogens with zero attached hydrogens (tertiary/aromatic N) is 2. The topological polar surface area (TPSA) is 56.0 Å². The minimum atomic E-state index is -0.508. The van der Waals surface area contributed by atoms with E-state index in [1.165, 1.54) is 12.1 Å². The zero-order valence-corrected chi connectivity index (χ0v) is 7.28. The van der Waals surface area contributed by atoms with Crippen molar-refractivity contribution in [2.75, 3.05) is 5.88 Å². The number of hydrogen-bond acceptors (Lipinski definition) is 3. The van der Waals surface area contributed by atoms with Gasteiger partial charge in [0.25, 0.3) is 5.69 Å². The van der Waals surface area contributed by atoms with Crippen molar-refractivity contribution in [1.29, 1.82) is 0 Å². The summed E-state index contributed by atoms with van der Waals surface area (Å²) in [5.74, 6) is 5.46. The molecule has 0 unspecified atom stereocenters. The van der Waals surface area contributed by atoms with Crippen LogP contribution in [-0.4, -0.2) is 15.8 Å². The summed E-state index contributed by atoms with van der Waals surface area (Å²) in [6.07, 6.45) is 1.16. The molecule has 1 aromatic rings. The second kappa shape index (κ2) is 4.43. The Morgan fingerprint density at radius 1 is 1.62 bits per heavy atom. The van der Waals surface area contributed by atoms with E-state index in [0.717, 1.165) is 6.20 Å². The van der Waals surface area contributed by atoms with Crippen LogP contribution in [0.1, 0.15) is 5.69 Å². The smallest absolute Gasteiger partial charge is 0.258 e. The van der Waals surface area contributed by atoms with Crippen molar-refractivity contribution >= 4 is 17.3 Å². The highest BCUT2D eigenvalue weighted by atomic mass is 35.5. The van der Waals surface area contributed by atoms with Gasteiger partial charge in [0.05, 0.1) is 10.8 Å². The molecule has 0 saturated heterocycles. The first-order valence-electron chi connectivity index (χ1n) is 3.39. The van der Waals surface area contributed by atoms with Gasteiger partial charge in [0.15, 0.2) is 0 Å². The number of hydrogen-bond donors (Lipinski definition) is 0. The second-order valence-electron chi connectivity index (χ2n) is 2.09. The van der Waals surface area contributed by atoms with Crippen LogP contribution in [0, 0.1) is 22.0 Å². The van der Waals surface area contributed by atoms with Gasteiger partial charge in [-0.25, -0.2) is 4.98 Å². The van der Waals surface area contributed by atoms with E-state index in [9.17, 15) is 10.1 Å². The summed E-state index contributed by atoms with van der Waals surface area (Å²) in [5, 5.41) is 10.2. The van der Waals surface area contributed by atoms with E-state index in [-0.39, 0.29) is 11.6 Å². The van der Waals surface area contributed by atoms with Gasteiger partial charge in [0.1, 0.15) is 11.9 Å². The number of pyridine rings is 1. The van der Waals surface area contributed by atoms with Crippen LogP contribution in [0.4, 0.5) is 5.69 Å². The monoisotopic (exact) mass is 196 g/mol. The largest absolute Gasteiger partial charge is 0.287 e. The summed E-state index contributed by atoms with van der Waals surface area (Å²) in [6.45, 7) is 0. The molecule has 0 bridgehead atoms. The van der Waals surface area contributed by atoms with Crippen LogP contribution >= 0.6 is 11.6 Å². The van der Waals surface area contributed by atoms with Gasteiger partial charge in [-0.15, -0.1) is 11.6 Å². The van der Waals surface area contributed by atoms with Crippen LogP contribution in [0.25, 0.3) is 0 Å². The molecule has 0 fully saturated rings. The maximum absolute atomic E-state index is 10.2. The zero-order valence-electron chi connectivity index (χ0n) is 6.53. The quantitative estimate of drug-likeness (QED) is 0.297. The molecule has 0 spiro atoms. The highest BCUT2D eigenvalue weighted by Gasteiger charge is 2.03. The highest BCUT2D eigenvalue weighted by Crippen LogP contribution is 2.07. The van der Waals surface area contributed by atoms with Crippen LogP contribution in [-0.2, 0) is 0 Å². The minimum Gasteiger partial charge on any atom is -0.258 e. The molecule has 1 aromatic heterocycles. The predicted octanol–water partition coefficient (Wildman–Crippen LogP) is 1.58. The predicted molar refractivity (Wildman–Crippen MR) is 48.5 cm³/mol. The van der Waals surface area contributed by atoms with Crippen molar-refractivity contribution in [3.05, 3.63) is 34.1 Å². The lowest BCUT2D eigenvalue weighted by Gasteiger charge is -1.89. The molecule has 4 nitrogen and oxygen atoms in total. The first-order valence-corrected chi connectivity index (χ1v) is 3.93. The summed E-state index contributed by atoms with van der Waals surface area (Å²) in [7, 11) is 0. The van der Waals surface area contributed by atoms with Gasteiger partial charge in [-0.2, -0.15) is 0 Å². The van der Waals surface area contributed by atoms with E-state index >= 15 is 0 Å². The minimum absolute atomic E-state index is 0.0450. The summed E-state index contributed by atoms with van der Waals surface area (Å²) in [6, 6.07) is 2.84. The Balaban J connectivity index is 2.87. The van der Waals surface area contributed by atoms with Gasteiger partial charge in [0.2, 0.25) is 0 Å². The van der Waals surface area contributed by atoms with Crippen LogP contribution in [0.2, 0.25) is 0 Å². The van der Waals surface area contributed by atoms with Gasteiger partial charge in [-0.3, -0.25) is 10.1 Å². The third kappa shape index (κ3) is 2.73. The van der Waals surface area contributed by atoms with E-state index in [2.05, 4.69) is 16.8 Å². The first-order chi connectivity index (χ1) is 6.24. The number of aromatic nitrogens is 1. The van der Waals surface area contributed by atoms with Crippen molar-refractivity contribution in [2.24, 2.45) is 0 Å². The fourth-order valence-electron chi connectivity index (χ4n) is 0.692. The lowest BCUT2D eigenvalue weighted by atomic mass is 10.3. The maximum Gasteiger partial charge on any atom is 0.287 e. The molecule has 0 aliphatic rings. The lowest BCUT2D eigenvalue weighted by Crippen LogP contribution is -1.89. The summed E-state index contributed by atoms with van der Waals surface area (Å²) in [5.41, 5.74) is 0.433. The third-order valence-corrected chi connectivity index (χ3v) is 1.38. The average Bonchev–Trinajstić information content (AvgIpc) is 2.15. The Kier molecular flexibility index (Phi) is 3.23. The van der Waals surface area contributed by atoms with Gasteiger partial charge in [-0.05, 0) is 12.0 Å². The molecular weight excluding hydrogens is 192 g/mol. The van der Waals surface area contributed by atoms with Crippen molar-refractivity contribution in [2.45, 2.75) is 0 Å². The van der Waals surface area contributed by atoms with Crippen LogP contribution in [0.15, 0.2) is 18.3 Å². The Hall–Kier alpha value is -1.60. The Morgan fingerprint density at radius 3 is 2.85 bits per heavy atom. The van der Waals surface area contributed by atoms with E-state index in [0.29, 0.717) is 5.69 Å². The molecule has 0 aliphatic heterocycles. The molecule has 0 atom stereocenters. The van der Waals surface area contributed by atoms with E-state index < -0.39 is 4.92 Å². The number of alkyl halides is 1. The van der Waals surface area contributed by atoms with Crippen molar-refractivity contribution in [3.63, 3.8) is 0 Å². The Morgan fingerprint density at radius 2 is 2.38 bits per heavy atom. The number of rotatable bonds is 1. The molecule has 0 amide bonds. The average molecular weight is 197 g/mol. The summed E-state index contributed by atoms with van der Waals surface area (Å²) in [4.78, 5) is 13.5. The third-order valence-electron chi connectivity index (χ3n) is 1.24. The molecule has 0 saturated carbocycles. The Bertz CT molecular complexity index is 364. The van der Waals surface area contributed by atoms with Gasteiger partial charge in [0, 0.05) is 6.07 Å².